The van der Waals surface area contributed by atoms with Crippen molar-refractivity contribution in [2.45, 2.75) is 19.6 Å². The van der Waals surface area contributed by atoms with Crippen molar-refractivity contribution in [3.63, 3.8) is 0 Å². The van der Waals surface area contributed by atoms with Crippen LogP contribution in [0.15, 0.2) is 42.5 Å². The van der Waals surface area contributed by atoms with Crippen molar-refractivity contribution >= 4 is 0 Å². The van der Waals surface area contributed by atoms with Gasteiger partial charge in [-0.05, 0) is 36.2 Å². The van der Waals surface area contributed by atoms with Crippen LogP contribution in [0, 0.1) is 11.8 Å². The lowest BCUT2D eigenvalue weighted by molar-refractivity contribution is 0.103. The van der Waals surface area contributed by atoms with Crippen molar-refractivity contribution in [3.05, 3.63) is 59.2 Å². The van der Waals surface area contributed by atoms with Gasteiger partial charge in [0.2, 0.25) is 0 Å². The number of hydrogen-bond acceptors (Lipinski definition) is 5. The molecule has 2 rings (SSSR count). The summed E-state index contributed by atoms with van der Waals surface area (Å²) in [5.74, 6) is 7.60. The van der Waals surface area contributed by atoms with Crippen molar-refractivity contribution < 1.29 is 19.4 Å². The van der Waals surface area contributed by atoms with E-state index < -0.39 is 0 Å². The number of nitrogens with one attached hydrogen (secondary N) is 1. The smallest absolute Gasteiger partial charge is 0.161 e. The van der Waals surface area contributed by atoms with Crippen LogP contribution in [0.5, 0.6) is 11.5 Å². The molecule has 0 heterocycles. The first kappa shape index (κ1) is 18.8. The first-order valence-corrected chi connectivity index (χ1v) is 8.02. The Morgan fingerprint density at radius 3 is 2.36 bits per heavy atom. The van der Waals surface area contributed by atoms with Crippen molar-refractivity contribution in [2.24, 2.45) is 0 Å². The zero-order valence-corrected chi connectivity index (χ0v) is 14.7. The van der Waals surface area contributed by atoms with Gasteiger partial charge >= 0.3 is 0 Å². The Bertz CT molecular complexity index is 732. The number of ether oxygens (including phenoxy) is 3. The fourth-order valence-electron chi connectivity index (χ4n) is 2.35. The molecule has 0 saturated heterocycles. The van der Waals surface area contributed by atoms with Gasteiger partial charge in [0.05, 0.1) is 14.2 Å². The quantitative estimate of drug-likeness (QED) is 0.598. The third-order valence-corrected chi connectivity index (χ3v) is 3.63. The second-order valence-corrected chi connectivity index (χ2v) is 5.25. The van der Waals surface area contributed by atoms with Gasteiger partial charge in [0.15, 0.2) is 11.5 Å². The van der Waals surface area contributed by atoms with Crippen LogP contribution in [-0.2, 0) is 11.3 Å². The molecule has 1 atom stereocenters. The first-order valence-electron chi connectivity index (χ1n) is 8.02. The van der Waals surface area contributed by atoms with Crippen LogP contribution in [-0.4, -0.2) is 26.0 Å². The maximum Gasteiger partial charge on any atom is 0.161 e. The fraction of sp³-hybridized carbons (Fsp3) is 0.300. The third kappa shape index (κ3) is 5.23. The maximum atomic E-state index is 8.76. The van der Waals surface area contributed by atoms with Gasteiger partial charge in [-0.25, -0.2) is 5.48 Å². The van der Waals surface area contributed by atoms with Crippen LogP contribution in [0.4, 0.5) is 0 Å². The summed E-state index contributed by atoms with van der Waals surface area (Å²) in [4.78, 5) is 0. The molecule has 0 amide bonds. The number of hydrogen-bond donors (Lipinski definition) is 2. The first-order chi connectivity index (χ1) is 12.2. The summed E-state index contributed by atoms with van der Waals surface area (Å²) in [7, 11) is 3.20. The summed E-state index contributed by atoms with van der Waals surface area (Å²) in [6, 6.07) is 13.3. The zero-order chi connectivity index (χ0) is 18.1. The molecule has 0 aliphatic rings. The standard InChI is InChI=1S/C20H23NO4/c1-4-25-18(17-9-5-16(6-10-17)14-21-22)11-7-15-8-12-19(23-2)20(13-15)24-3/h5-6,8-10,12-13,18,21-22H,4,14H2,1-3H3. The second-order valence-electron chi connectivity index (χ2n) is 5.25. The van der Waals surface area contributed by atoms with Gasteiger partial charge in [0.25, 0.3) is 0 Å². The number of hydroxylamine groups is 1. The fourth-order valence-corrected chi connectivity index (χ4v) is 2.35. The van der Waals surface area contributed by atoms with Crippen LogP contribution >= 0.6 is 0 Å². The molecule has 0 aliphatic heterocycles. The van der Waals surface area contributed by atoms with Crippen molar-refractivity contribution in [1.29, 1.82) is 0 Å². The highest BCUT2D eigenvalue weighted by atomic mass is 16.5. The minimum Gasteiger partial charge on any atom is -0.493 e. The van der Waals surface area contributed by atoms with E-state index in [0.29, 0.717) is 24.7 Å². The van der Waals surface area contributed by atoms with E-state index in [2.05, 4.69) is 17.3 Å². The summed E-state index contributed by atoms with van der Waals surface area (Å²) in [6.07, 6.45) is -0.325. The molecule has 0 saturated carbocycles. The van der Waals surface area contributed by atoms with E-state index in [-0.39, 0.29) is 6.10 Å². The molecule has 0 aliphatic carbocycles. The Kier molecular flexibility index (Phi) is 7.30. The predicted octanol–water partition coefficient (Wildman–Crippen LogP) is 3.31. The summed E-state index contributed by atoms with van der Waals surface area (Å²) < 4.78 is 16.3. The van der Waals surface area contributed by atoms with Crippen LogP contribution in [0.1, 0.15) is 29.7 Å². The molecule has 2 aromatic rings. The number of methoxy groups -OCH3 is 2. The van der Waals surface area contributed by atoms with Crippen molar-refractivity contribution in [1.82, 2.24) is 5.48 Å². The Hall–Kier alpha value is -2.52. The summed E-state index contributed by atoms with van der Waals surface area (Å²) in [5, 5.41) is 8.76. The number of benzene rings is 2. The van der Waals surface area contributed by atoms with Crippen LogP contribution in [0.2, 0.25) is 0 Å². The van der Waals surface area contributed by atoms with Gasteiger partial charge in [-0.1, -0.05) is 36.1 Å². The van der Waals surface area contributed by atoms with Crippen LogP contribution in [0.3, 0.4) is 0 Å². The molecular weight excluding hydrogens is 318 g/mol. The lowest BCUT2D eigenvalue weighted by Gasteiger charge is -2.12. The van der Waals surface area contributed by atoms with E-state index in [9.17, 15) is 0 Å². The van der Waals surface area contributed by atoms with E-state index in [1.807, 2.05) is 49.4 Å². The average molecular weight is 341 g/mol. The largest absolute Gasteiger partial charge is 0.493 e. The highest BCUT2D eigenvalue weighted by Gasteiger charge is 2.08. The van der Waals surface area contributed by atoms with Gasteiger partial charge in [-0.3, -0.25) is 0 Å². The van der Waals surface area contributed by atoms with E-state index in [4.69, 9.17) is 19.4 Å². The Labute approximate surface area is 148 Å². The molecule has 25 heavy (non-hydrogen) atoms. The maximum absolute atomic E-state index is 8.76. The van der Waals surface area contributed by atoms with Crippen LogP contribution in [0.25, 0.3) is 0 Å². The molecule has 132 valence electrons. The normalized spacial score (nSPS) is 11.4. The van der Waals surface area contributed by atoms with Gasteiger partial charge in [0.1, 0.15) is 6.10 Å². The molecule has 1 unspecified atom stereocenters. The molecule has 0 spiro atoms. The monoisotopic (exact) mass is 341 g/mol. The van der Waals surface area contributed by atoms with Gasteiger partial charge in [-0.15, -0.1) is 0 Å². The lowest BCUT2D eigenvalue weighted by atomic mass is 10.1. The van der Waals surface area contributed by atoms with Gasteiger partial charge < -0.3 is 19.4 Å². The molecular formula is C20H23NO4. The van der Waals surface area contributed by atoms with E-state index in [1.54, 1.807) is 14.2 Å². The minimum atomic E-state index is -0.325. The molecule has 2 aromatic carbocycles. The highest BCUT2D eigenvalue weighted by molar-refractivity contribution is 5.48. The van der Waals surface area contributed by atoms with Crippen molar-refractivity contribution in [2.75, 3.05) is 20.8 Å². The second kappa shape index (κ2) is 9.70. The Morgan fingerprint density at radius 2 is 1.76 bits per heavy atom. The van der Waals surface area contributed by atoms with E-state index in [0.717, 1.165) is 16.7 Å². The molecule has 0 radical (unpaired) electrons. The topological polar surface area (TPSA) is 60.0 Å². The van der Waals surface area contributed by atoms with Gasteiger partial charge in [0, 0.05) is 18.7 Å². The SMILES string of the molecule is CCOC(C#Cc1ccc(OC)c(OC)c1)c1ccc(CNO)cc1. The summed E-state index contributed by atoms with van der Waals surface area (Å²) in [6.45, 7) is 2.90. The van der Waals surface area contributed by atoms with Crippen LogP contribution < -0.4 is 15.0 Å². The minimum absolute atomic E-state index is 0.325. The van der Waals surface area contributed by atoms with E-state index in [1.165, 1.54) is 0 Å². The number of rotatable bonds is 7. The highest BCUT2D eigenvalue weighted by Crippen LogP contribution is 2.27. The lowest BCUT2D eigenvalue weighted by Crippen LogP contribution is -2.07. The summed E-state index contributed by atoms with van der Waals surface area (Å²) >= 11 is 0. The summed E-state index contributed by atoms with van der Waals surface area (Å²) in [5.41, 5.74) is 4.92. The Morgan fingerprint density at radius 1 is 1.04 bits per heavy atom. The van der Waals surface area contributed by atoms with Gasteiger partial charge in [-0.2, -0.15) is 0 Å². The van der Waals surface area contributed by atoms with E-state index >= 15 is 0 Å². The average Bonchev–Trinajstić information content (AvgIpc) is 2.66. The molecule has 0 aromatic heterocycles. The third-order valence-electron chi connectivity index (χ3n) is 3.63. The molecule has 5 heteroatoms. The Balaban J connectivity index is 2.23. The molecule has 5 nitrogen and oxygen atoms in total. The predicted molar refractivity (Wildman–Crippen MR) is 95.9 cm³/mol. The molecule has 0 bridgehead atoms. The van der Waals surface area contributed by atoms with Crippen molar-refractivity contribution in [3.8, 4) is 23.3 Å². The zero-order valence-electron chi connectivity index (χ0n) is 14.7. The molecule has 2 N–H and O–H groups in total. The molecule has 0 fully saturated rings.